The summed E-state index contributed by atoms with van der Waals surface area (Å²) in [5.74, 6) is 0. The van der Waals surface area contributed by atoms with Gasteiger partial charge in [-0.3, -0.25) is 0 Å². The molecule has 0 saturated heterocycles. The van der Waals surface area contributed by atoms with Crippen molar-refractivity contribution in [2.24, 2.45) is 0 Å². The van der Waals surface area contributed by atoms with Gasteiger partial charge in [0.25, 0.3) is 0 Å². The lowest BCUT2D eigenvalue weighted by molar-refractivity contribution is 1.14. The molecule has 32 valence electrons. The van der Waals surface area contributed by atoms with Crippen molar-refractivity contribution < 1.29 is 0 Å². The Morgan fingerprint density at radius 1 is 1.80 bits per heavy atom. The molecule has 0 aromatic heterocycles. The van der Waals surface area contributed by atoms with Gasteiger partial charge in [0.05, 0.1) is 0 Å². The molecule has 0 radical (unpaired) electrons. The van der Waals surface area contributed by atoms with Gasteiger partial charge < -0.3 is 0 Å². The summed E-state index contributed by atoms with van der Waals surface area (Å²) in [7, 11) is 5.39. The van der Waals surface area contributed by atoms with Crippen molar-refractivity contribution in [3.8, 4) is 0 Å². The van der Waals surface area contributed by atoms with Crippen molar-refractivity contribution in [1.82, 2.24) is 0 Å². The molecular weight excluding hydrogens is 98.0 g/mol. The first kappa shape index (κ1) is 5.86. The fourth-order valence-corrected chi connectivity index (χ4v) is 0. The highest BCUT2D eigenvalue weighted by molar-refractivity contribution is 7.22. The van der Waals surface area contributed by atoms with Gasteiger partial charge in [-0.25, -0.2) is 0 Å². The highest BCUT2D eigenvalue weighted by Crippen LogP contribution is 1.99. The summed E-state index contributed by atoms with van der Waals surface area (Å²) >= 11 is 0. The second-order valence-electron chi connectivity index (χ2n) is 1.21. The van der Waals surface area contributed by atoms with E-state index in [9.17, 15) is 0 Å². The SMILES string of the molecule is C[C@H](P)CP. The van der Waals surface area contributed by atoms with E-state index in [1.165, 1.54) is 6.16 Å². The summed E-state index contributed by atoms with van der Waals surface area (Å²) in [5.41, 5.74) is 0.764. The van der Waals surface area contributed by atoms with Gasteiger partial charge in [0, 0.05) is 0 Å². The van der Waals surface area contributed by atoms with Crippen LogP contribution in [-0.4, -0.2) is 11.8 Å². The van der Waals surface area contributed by atoms with Gasteiger partial charge in [-0.2, -0.15) is 0 Å². The zero-order chi connectivity index (χ0) is 4.28. The van der Waals surface area contributed by atoms with Crippen molar-refractivity contribution in [2.45, 2.75) is 12.6 Å². The molecule has 0 aliphatic heterocycles. The Labute approximate surface area is 38.1 Å². The summed E-state index contributed by atoms with van der Waals surface area (Å²) < 4.78 is 0. The van der Waals surface area contributed by atoms with Crippen LogP contribution in [0.4, 0.5) is 0 Å². The van der Waals surface area contributed by atoms with Crippen molar-refractivity contribution in [3.05, 3.63) is 0 Å². The molecule has 0 fully saturated rings. The van der Waals surface area contributed by atoms with E-state index in [1.807, 2.05) is 0 Å². The average molecular weight is 108 g/mol. The maximum absolute atomic E-state index is 2.71. The van der Waals surface area contributed by atoms with Crippen molar-refractivity contribution in [1.29, 1.82) is 0 Å². The van der Waals surface area contributed by atoms with Crippen LogP contribution in [0.1, 0.15) is 6.92 Å². The molecule has 5 heavy (non-hydrogen) atoms. The van der Waals surface area contributed by atoms with Gasteiger partial charge in [0.2, 0.25) is 0 Å². The molecular formula is C3H10P2. The van der Waals surface area contributed by atoms with Crippen LogP contribution in [-0.2, 0) is 0 Å². The van der Waals surface area contributed by atoms with Gasteiger partial charge in [-0.05, 0) is 11.8 Å². The Hall–Kier alpha value is 0.860. The van der Waals surface area contributed by atoms with Gasteiger partial charge in [0.1, 0.15) is 0 Å². The van der Waals surface area contributed by atoms with Crippen molar-refractivity contribution in [3.63, 3.8) is 0 Å². The van der Waals surface area contributed by atoms with Gasteiger partial charge in [0.15, 0.2) is 0 Å². The van der Waals surface area contributed by atoms with E-state index < -0.39 is 0 Å². The first-order chi connectivity index (χ1) is 2.27. The molecule has 3 atom stereocenters. The highest BCUT2D eigenvalue weighted by Gasteiger charge is 1.80. The second kappa shape index (κ2) is 3.07. The number of hydrogen-bond donors (Lipinski definition) is 0. The Morgan fingerprint density at radius 2 is 2.00 bits per heavy atom. The van der Waals surface area contributed by atoms with Gasteiger partial charge in [-0.1, -0.05) is 6.92 Å². The Morgan fingerprint density at radius 3 is 2.00 bits per heavy atom. The quantitative estimate of drug-likeness (QED) is 0.441. The lowest BCUT2D eigenvalue weighted by atomic mass is 10.6. The smallest absolute Gasteiger partial charge is 0.0258 e. The monoisotopic (exact) mass is 108 g/mol. The zero-order valence-corrected chi connectivity index (χ0v) is 5.75. The molecule has 0 aliphatic rings. The Bertz CT molecular complexity index is 18.9. The minimum atomic E-state index is 0.764. The molecule has 0 aromatic carbocycles. The zero-order valence-electron chi connectivity index (χ0n) is 3.44. The van der Waals surface area contributed by atoms with E-state index in [-0.39, 0.29) is 0 Å². The van der Waals surface area contributed by atoms with E-state index in [0.29, 0.717) is 0 Å². The first-order valence-electron chi connectivity index (χ1n) is 1.73. The molecule has 2 unspecified atom stereocenters. The lowest BCUT2D eigenvalue weighted by Gasteiger charge is -1.90. The topological polar surface area (TPSA) is 0 Å². The largest absolute Gasteiger partial charge is 0.137 e. The van der Waals surface area contributed by atoms with E-state index in [2.05, 4.69) is 25.4 Å². The fourth-order valence-electron chi connectivity index (χ4n) is 0. The average Bonchev–Trinajstić information content (AvgIpc) is 1.38. The van der Waals surface area contributed by atoms with Crippen LogP contribution in [0.3, 0.4) is 0 Å². The maximum Gasteiger partial charge on any atom is -0.0258 e. The molecule has 0 amide bonds. The van der Waals surface area contributed by atoms with Crippen molar-refractivity contribution in [2.75, 3.05) is 6.16 Å². The standard InChI is InChI=1S/C3H10P2/c1-3(5)2-4/h3H,2,4-5H2,1H3/t3-/m0/s1. The van der Waals surface area contributed by atoms with Crippen LogP contribution in [0.2, 0.25) is 0 Å². The highest BCUT2D eigenvalue weighted by atomic mass is 31.0. The molecule has 0 rings (SSSR count). The summed E-state index contributed by atoms with van der Waals surface area (Å²) in [6.07, 6.45) is 1.19. The third-order valence-corrected chi connectivity index (χ3v) is 1.93. The van der Waals surface area contributed by atoms with Crippen LogP contribution < -0.4 is 0 Å². The summed E-state index contributed by atoms with van der Waals surface area (Å²) in [6.45, 7) is 2.16. The molecule has 2 heteroatoms. The normalized spacial score (nSPS) is 15.0. The fraction of sp³-hybridized carbons (Fsp3) is 1.00. The lowest BCUT2D eigenvalue weighted by Crippen LogP contribution is -1.85. The maximum atomic E-state index is 2.71. The van der Waals surface area contributed by atoms with Crippen LogP contribution >= 0.6 is 18.5 Å². The third-order valence-electron chi connectivity index (χ3n) is 0.372. The molecule has 0 aliphatic carbocycles. The first-order valence-corrected chi connectivity index (χ1v) is 3.21. The van der Waals surface area contributed by atoms with E-state index in [4.69, 9.17) is 0 Å². The number of rotatable bonds is 1. The summed E-state index contributed by atoms with van der Waals surface area (Å²) in [4.78, 5) is 0. The van der Waals surface area contributed by atoms with Crippen molar-refractivity contribution >= 4 is 18.5 Å². The summed E-state index contributed by atoms with van der Waals surface area (Å²) in [5, 5.41) is 0. The summed E-state index contributed by atoms with van der Waals surface area (Å²) in [6, 6.07) is 0. The van der Waals surface area contributed by atoms with Crippen LogP contribution in [0.25, 0.3) is 0 Å². The second-order valence-corrected chi connectivity index (χ2v) is 2.82. The minimum Gasteiger partial charge on any atom is -0.137 e. The number of hydrogen-bond acceptors (Lipinski definition) is 0. The molecule has 0 aromatic rings. The molecule has 0 spiro atoms. The predicted octanol–water partition coefficient (Wildman–Crippen LogP) is 1.13. The minimum absolute atomic E-state index is 0.764. The van der Waals surface area contributed by atoms with Gasteiger partial charge in [-0.15, -0.1) is 18.5 Å². The van der Waals surface area contributed by atoms with E-state index in [0.717, 1.165) is 5.66 Å². The molecule has 0 bridgehead atoms. The Kier molecular flexibility index (Phi) is 3.59. The van der Waals surface area contributed by atoms with Crippen LogP contribution in [0.15, 0.2) is 0 Å². The Balaban J connectivity index is 2.54. The predicted molar refractivity (Wildman–Crippen MR) is 33.7 cm³/mol. The van der Waals surface area contributed by atoms with Gasteiger partial charge >= 0.3 is 0 Å². The molecule has 0 saturated carbocycles. The molecule has 0 heterocycles. The van der Waals surface area contributed by atoms with Crippen LogP contribution in [0.5, 0.6) is 0 Å². The van der Waals surface area contributed by atoms with E-state index in [1.54, 1.807) is 0 Å². The molecule has 0 N–H and O–H groups in total. The third kappa shape index (κ3) is 4.86. The molecule has 0 nitrogen and oxygen atoms in total. The van der Waals surface area contributed by atoms with E-state index >= 15 is 0 Å². The van der Waals surface area contributed by atoms with Crippen LogP contribution in [0, 0.1) is 0 Å².